The molecule has 1 aromatic rings. The van der Waals surface area contributed by atoms with Crippen LogP contribution in [0.1, 0.15) is 57.9 Å². The summed E-state index contributed by atoms with van der Waals surface area (Å²) in [6, 6.07) is 7.89. The zero-order chi connectivity index (χ0) is 15.3. The van der Waals surface area contributed by atoms with Crippen LogP contribution >= 0.6 is 0 Å². The van der Waals surface area contributed by atoms with E-state index in [4.69, 9.17) is 4.74 Å². The standard InChI is InChI=1S/C14H22N2O2.C3H6/c1-3-4-5-10-18-14-8-6-13(7-9-14)11-15-16-12(2)17;1-2-3-1/h6-9,15H,3-5,10-11H2,1-2H3,(H,16,17);1-3H2. The number of hydrazine groups is 1. The van der Waals surface area contributed by atoms with Crippen LogP contribution in [-0.4, -0.2) is 12.5 Å². The molecule has 0 saturated heterocycles. The zero-order valence-corrected chi connectivity index (χ0v) is 13.3. The third-order valence-electron chi connectivity index (χ3n) is 2.85. The normalized spacial score (nSPS) is 12.1. The zero-order valence-electron chi connectivity index (χ0n) is 13.3. The molecule has 1 fully saturated rings. The highest BCUT2D eigenvalue weighted by molar-refractivity contribution is 5.72. The van der Waals surface area contributed by atoms with Gasteiger partial charge in [-0.2, -0.15) is 0 Å². The summed E-state index contributed by atoms with van der Waals surface area (Å²) in [6.07, 6.45) is 8.01. The van der Waals surface area contributed by atoms with Crippen LogP contribution < -0.4 is 15.6 Å². The Morgan fingerprint density at radius 2 is 1.81 bits per heavy atom. The molecule has 0 bridgehead atoms. The van der Waals surface area contributed by atoms with Gasteiger partial charge in [0.2, 0.25) is 5.91 Å². The Hall–Kier alpha value is -1.55. The third kappa shape index (κ3) is 10.9. The minimum Gasteiger partial charge on any atom is -0.494 e. The van der Waals surface area contributed by atoms with Gasteiger partial charge < -0.3 is 4.74 Å². The molecular weight excluding hydrogens is 264 g/mol. The van der Waals surface area contributed by atoms with Crippen molar-refractivity contribution >= 4 is 5.91 Å². The Morgan fingerprint density at radius 3 is 2.33 bits per heavy atom. The predicted molar refractivity (Wildman–Crippen MR) is 86.0 cm³/mol. The van der Waals surface area contributed by atoms with E-state index in [0.29, 0.717) is 6.54 Å². The highest BCUT2D eigenvalue weighted by Crippen LogP contribution is 2.15. The van der Waals surface area contributed by atoms with Crippen LogP contribution in [0.2, 0.25) is 0 Å². The molecule has 0 radical (unpaired) electrons. The van der Waals surface area contributed by atoms with Crippen molar-refractivity contribution in [3.8, 4) is 5.75 Å². The predicted octanol–water partition coefficient (Wildman–Crippen LogP) is 3.57. The number of hydrogen-bond donors (Lipinski definition) is 2. The van der Waals surface area contributed by atoms with Crippen molar-refractivity contribution in [1.29, 1.82) is 0 Å². The van der Waals surface area contributed by atoms with Gasteiger partial charge in [0.25, 0.3) is 0 Å². The van der Waals surface area contributed by atoms with Crippen molar-refractivity contribution < 1.29 is 9.53 Å². The monoisotopic (exact) mass is 292 g/mol. The number of benzene rings is 1. The maximum absolute atomic E-state index is 10.7. The SMILES string of the molecule is C1CC1.CCCCCOc1ccc(CNNC(C)=O)cc1. The molecule has 2 N–H and O–H groups in total. The minimum atomic E-state index is -0.0918. The summed E-state index contributed by atoms with van der Waals surface area (Å²) >= 11 is 0. The second kappa shape index (κ2) is 11.1. The van der Waals surface area contributed by atoms with Gasteiger partial charge in [-0.25, -0.2) is 5.43 Å². The van der Waals surface area contributed by atoms with Crippen LogP contribution in [-0.2, 0) is 11.3 Å². The number of carbonyl (C=O) groups excluding carboxylic acids is 1. The molecule has 1 saturated carbocycles. The van der Waals surface area contributed by atoms with Crippen molar-refractivity contribution in [2.24, 2.45) is 0 Å². The molecule has 1 aliphatic carbocycles. The fourth-order valence-electron chi connectivity index (χ4n) is 1.52. The molecule has 4 nitrogen and oxygen atoms in total. The number of carbonyl (C=O) groups is 1. The molecule has 0 unspecified atom stereocenters. The highest BCUT2D eigenvalue weighted by Gasteiger charge is 1.96. The average Bonchev–Trinajstić information content (AvgIpc) is 3.33. The quantitative estimate of drug-likeness (QED) is 0.569. The summed E-state index contributed by atoms with van der Waals surface area (Å²) in [6.45, 7) is 5.03. The summed E-state index contributed by atoms with van der Waals surface area (Å²) in [5, 5.41) is 0. The van der Waals surface area contributed by atoms with E-state index in [0.717, 1.165) is 24.3 Å². The molecule has 0 heterocycles. The second-order valence-electron chi connectivity index (χ2n) is 5.29. The van der Waals surface area contributed by atoms with Crippen molar-refractivity contribution in [2.75, 3.05) is 6.61 Å². The largest absolute Gasteiger partial charge is 0.494 e. The first-order chi connectivity index (χ1) is 10.2. The third-order valence-corrected chi connectivity index (χ3v) is 2.85. The first-order valence-electron chi connectivity index (χ1n) is 7.93. The van der Waals surface area contributed by atoms with Crippen LogP contribution in [0.25, 0.3) is 0 Å². The Morgan fingerprint density at radius 1 is 1.14 bits per heavy atom. The smallest absolute Gasteiger partial charge is 0.230 e. The van der Waals surface area contributed by atoms with Crippen molar-refractivity contribution in [2.45, 2.75) is 58.9 Å². The van der Waals surface area contributed by atoms with Gasteiger partial charge in [0, 0.05) is 13.5 Å². The van der Waals surface area contributed by atoms with Gasteiger partial charge >= 0.3 is 0 Å². The number of hydrogen-bond acceptors (Lipinski definition) is 3. The highest BCUT2D eigenvalue weighted by atomic mass is 16.5. The number of nitrogens with one attached hydrogen (secondary N) is 2. The maximum atomic E-state index is 10.7. The van der Waals surface area contributed by atoms with Crippen LogP contribution in [0.15, 0.2) is 24.3 Å². The van der Waals surface area contributed by atoms with Crippen molar-refractivity contribution in [3.63, 3.8) is 0 Å². The Balaban J connectivity index is 0.000000647. The summed E-state index contributed by atoms with van der Waals surface area (Å²) < 4.78 is 5.62. The lowest BCUT2D eigenvalue weighted by atomic mass is 10.2. The molecule has 1 aliphatic rings. The lowest BCUT2D eigenvalue weighted by molar-refractivity contribution is -0.119. The lowest BCUT2D eigenvalue weighted by Gasteiger charge is -2.08. The Labute approximate surface area is 128 Å². The summed E-state index contributed by atoms with van der Waals surface area (Å²) in [5.74, 6) is 0.806. The molecule has 118 valence electrons. The van der Waals surface area contributed by atoms with E-state index in [9.17, 15) is 4.79 Å². The lowest BCUT2D eigenvalue weighted by Crippen LogP contribution is -2.34. The van der Waals surface area contributed by atoms with E-state index in [2.05, 4.69) is 17.8 Å². The molecule has 0 aliphatic heterocycles. The van der Waals surface area contributed by atoms with Gasteiger partial charge in [-0.15, -0.1) is 0 Å². The summed E-state index contributed by atoms with van der Waals surface area (Å²) in [4.78, 5) is 10.7. The molecule has 4 heteroatoms. The first kappa shape index (κ1) is 17.5. The van der Waals surface area contributed by atoms with Gasteiger partial charge in [-0.3, -0.25) is 10.2 Å². The van der Waals surface area contributed by atoms with E-state index in [1.807, 2.05) is 24.3 Å². The first-order valence-corrected chi connectivity index (χ1v) is 7.93. The van der Waals surface area contributed by atoms with Gasteiger partial charge in [-0.05, 0) is 24.1 Å². The average molecular weight is 292 g/mol. The summed E-state index contributed by atoms with van der Waals surface area (Å²) in [5.41, 5.74) is 6.48. The number of amides is 1. The topological polar surface area (TPSA) is 50.4 Å². The fraction of sp³-hybridized carbons (Fsp3) is 0.588. The van der Waals surface area contributed by atoms with Crippen LogP contribution in [0.3, 0.4) is 0 Å². The molecule has 2 rings (SSSR count). The van der Waals surface area contributed by atoms with Crippen LogP contribution in [0.5, 0.6) is 5.75 Å². The van der Waals surface area contributed by atoms with E-state index in [1.54, 1.807) is 0 Å². The number of rotatable bonds is 8. The van der Waals surface area contributed by atoms with Crippen LogP contribution in [0.4, 0.5) is 0 Å². The number of ether oxygens (including phenoxy) is 1. The number of unbranched alkanes of at least 4 members (excludes halogenated alkanes) is 2. The van der Waals surface area contributed by atoms with E-state index < -0.39 is 0 Å². The van der Waals surface area contributed by atoms with Crippen LogP contribution in [0, 0.1) is 0 Å². The minimum absolute atomic E-state index is 0.0918. The molecule has 1 aromatic carbocycles. The van der Waals surface area contributed by atoms with Gasteiger partial charge in [0.05, 0.1) is 6.61 Å². The molecule has 21 heavy (non-hydrogen) atoms. The van der Waals surface area contributed by atoms with Gasteiger partial charge in [-0.1, -0.05) is 51.2 Å². The Bertz CT molecular complexity index is 386. The Kier molecular flexibility index (Phi) is 9.29. The maximum Gasteiger partial charge on any atom is 0.230 e. The summed E-state index contributed by atoms with van der Waals surface area (Å²) in [7, 11) is 0. The fourth-order valence-corrected chi connectivity index (χ4v) is 1.52. The molecular formula is C17H28N2O2. The van der Waals surface area contributed by atoms with Crippen molar-refractivity contribution in [3.05, 3.63) is 29.8 Å². The van der Waals surface area contributed by atoms with E-state index in [-0.39, 0.29) is 5.91 Å². The van der Waals surface area contributed by atoms with Gasteiger partial charge in [0.15, 0.2) is 0 Å². The van der Waals surface area contributed by atoms with E-state index in [1.165, 1.54) is 39.0 Å². The second-order valence-corrected chi connectivity index (χ2v) is 5.29. The molecule has 1 amide bonds. The molecule has 0 aromatic heterocycles. The van der Waals surface area contributed by atoms with Gasteiger partial charge in [0.1, 0.15) is 5.75 Å². The molecule has 0 spiro atoms. The molecule has 0 atom stereocenters. The van der Waals surface area contributed by atoms with E-state index >= 15 is 0 Å². The van der Waals surface area contributed by atoms with Crippen molar-refractivity contribution in [1.82, 2.24) is 10.9 Å².